The van der Waals surface area contributed by atoms with Crippen LogP contribution in [0.3, 0.4) is 0 Å². The van der Waals surface area contributed by atoms with Gasteiger partial charge in [-0.3, -0.25) is 4.98 Å². The average molecular weight is 270 g/mol. The van der Waals surface area contributed by atoms with E-state index in [2.05, 4.69) is 18.0 Å². The van der Waals surface area contributed by atoms with Gasteiger partial charge in [-0.15, -0.1) is 0 Å². The highest BCUT2D eigenvalue weighted by molar-refractivity contribution is 5.38. The number of nitrogens with two attached hydrogens (primary N) is 1. The summed E-state index contributed by atoms with van der Waals surface area (Å²) < 4.78 is 5.74. The van der Waals surface area contributed by atoms with E-state index in [1.54, 1.807) is 0 Å². The van der Waals surface area contributed by atoms with E-state index in [1.165, 1.54) is 28.8 Å². The highest BCUT2D eigenvalue weighted by Gasteiger charge is 2.31. The molecular formula is C17H22N2O. The van der Waals surface area contributed by atoms with Gasteiger partial charge in [0.1, 0.15) is 11.5 Å². The molecule has 106 valence electrons. The van der Waals surface area contributed by atoms with Gasteiger partial charge in [0, 0.05) is 29.4 Å². The first-order valence-corrected chi connectivity index (χ1v) is 7.35. The smallest absolute Gasteiger partial charge is 0.106 e. The van der Waals surface area contributed by atoms with Crippen molar-refractivity contribution < 1.29 is 4.42 Å². The number of hydrogen-bond donors (Lipinski definition) is 1. The minimum absolute atomic E-state index is 0.0265. The fraction of sp³-hybridized carbons (Fsp3) is 0.471. The molecule has 0 spiro atoms. The molecule has 3 rings (SSSR count). The van der Waals surface area contributed by atoms with Crippen LogP contribution in [0.2, 0.25) is 0 Å². The maximum absolute atomic E-state index is 6.60. The van der Waals surface area contributed by atoms with Gasteiger partial charge in [-0.1, -0.05) is 6.07 Å². The summed E-state index contributed by atoms with van der Waals surface area (Å²) in [4.78, 5) is 4.60. The molecule has 0 bridgehead atoms. The van der Waals surface area contributed by atoms with Gasteiger partial charge in [-0.05, 0) is 57.2 Å². The summed E-state index contributed by atoms with van der Waals surface area (Å²) in [7, 11) is 0. The van der Waals surface area contributed by atoms with E-state index in [0.717, 1.165) is 24.4 Å². The van der Waals surface area contributed by atoms with Crippen LogP contribution in [0, 0.1) is 20.8 Å². The van der Waals surface area contributed by atoms with Crippen molar-refractivity contribution in [3.8, 4) is 0 Å². The van der Waals surface area contributed by atoms with Crippen molar-refractivity contribution in [2.45, 2.75) is 52.0 Å². The Labute approximate surface area is 120 Å². The molecule has 2 aromatic rings. The van der Waals surface area contributed by atoms with Crippen molar-refractivity contribution in [3.05, 3.63) is 52.2 Å². The first-order chi connectivity index (χ1) is 9.59. The van der Waals surface area contributed by atoms with Crippen molar-refractivity contribution in [1.82, 2.24) is 4.98 Å². The molecule has 3 heteroatoms. The maximum atomic E-state index is 6.60. The summed E-state index contributed by atoms with van der Waals surface area (Å²) in [5, 5.41) is 0. The van der Waals surface area contributed by atoms with Gasteiger partial charge in [0.2, 0.25) is 0 Å². The number of rotatable bonds is 2. The van der Waals surface area contributed by atoms with E-state index in [-0.39, 0.29) is 6.04 Å². The van der Waals surface area contributed by atoms with Crippen LogP contribution in [0.5, 0.6) is 0 Å². The standard InChI is InChI=1S/C17H22N2O/c1-10-11(2)20-12(3)15(10)16(18)14-8-4-6-13-7-5-9-19-17(13)14/h5,7,9,14,16H,4,6,8,18H2,1-3H3. The fourth-order valence-electron chi connectivity index (χ4n) is 3.50. The SMILES string of the molecule is Cc1oc(C)c(C(N)C2CCCc3cccnc32)c1C. The van der Waals surface area contributed by atoms with Gasteiger partial charge in [0.15, 0.2) is 0 Å². The Balaban J connectivity index is 2.02. The van der Waals surface area contributed by atoms with E-state index in [1.807, 2.05) is 26.1 Å². The van der Waals surface area contributed by atoms with Crippen LogP contribution < -0.4 is 5.73 Å². The molecular weight excluding hydrogens is 248 g/mol. The zero-order valence-corrected chi connectivity index (χ0v) is 12.4. The lowest BCUT2D eigenvalue weighted by atomic mass is 9.79. The molecule has 1 aliphatic carbocycles. The first-order valence-electron chi connectivity index (χ1n) is 7.35. The topological polar surface area (TPSA) is 52.0 Å². The monoisotopic (exact) mass is 270 g/mol. The fourth-order valence-corrected chi connectivity index (χ4v) is 3.50. The van der Waals surface area contributed by atoms with Crippen LogP contribution in [-0.4, -0.2) is 4.98 Å². The van der Waals surface area contributed by atoms with Gasteiger partial charge in [0.05, 0.1) is 0 Å². The van der Waals surface area contributed by atoms with Crippen molar-refractivity contribution in [1.29, 1.82) is 0 Å². The normalized spacial score (nSPS) is 19.7. The van der Waals surface area contributed by atoms with Crippen LogP contribution in [0.4, 0.5) is 0 Å². The van der Waals surface area contributed by atoms with Gasteiger partial charge in [-0.2, -0.15) is 0 Å². The van der Waals surface area contributed by atoms with Crippen LogP contribution >= 0.6 is 0 Å². The lowest BCUT2D eigenvalue weighted by Crippen LogP contribution is -2.25. The zero-order valence-electron chi connectivity index (χ0n) is 12.4. The predicted molar refractivity (Wildman–Crippen MR) is 79.8 cm³/mol. The number of hydrogen-bond acceptors (Lipinski definition) is 3. The summed E-state index contributed by atoms with van der Waals surface area (Å²) in [6.45, 7) is 6.12. The van der Waals surface area contributed by atoms with E-state index in [0.29, 0.717) is 5.92 Å². The van der Waals surface area contributed by atoms with Crippen LogP contribution in [0.1, 0.15) is 58.7 Å². The van der Waals surface area contributed by atoms with Gasteiger partial charge in [0.25, 0.3) is 0 Å². The molecule has 0 saturated carbocycles. The van der Waals surface area contributed by atoms with Gasteiger partial charge >= 0.3 is 0 Å². The quantitative estimate of drug-likeness (QED) is 0.904. The van der Waals surface area contributed by atoms with Crippen molar-refractivity contribution in [2.75, 3.05) is 0 Å². The zero-order chi connectivity index (χ0) is 14.3. The second-order valence-corrected chi connectivity index (χ2v) is 5.83. The summed E-state index contributed by atoms with van der Waals surface area (Å²) in [6.07, 6.45) is 5.29. The Hall–Kier alpha value is -1.61. The van der Waals surface area contributed by atoms with Crippen LogP contribution in [-0.2, 0) is 6.42 Å². The minimum Gasteiger partial charge on any atom is -0.466 e. The van der Waals surface area contributed by atoms with Crippen LogP contribution in [0.25, 0.3) is 0 Å². The molecule has 2 aromatic heterocycles. The van der Waals surface area contributed by atoms with E-state index in [4.69, 9.17) is 10.2 Å². The Morgan fingerprint density at radius 2 is 2.10 bits per heavy atom. The summed E-state index contributed by atoms with van der Waals surface area (Å²) >= 11 is 0. The third-order valence-electron chi connectivity index (χ3n) is 4.62. The van der Waals surface area contributed by atoms with Gasteiger partial charge < -0.3 is 10.2 Å². The second-order valence-electron chi connectivity index (χ2n) is 5.83. The van der Waals surface area contributed by atoms with Gasteiger partial charge in [-0.25, -0.2) is 0 Å². The number of nitrogens with zero attached hydrogens (tertiary/aromatic N) is 1. The Morgan fingerprint density at radius 1 is 1.30 bits per heavy atom. The summed E-state index contributed by atoms with van der Waals surface area (Å²) in [5.74, 6) is 2.23. The molecule has 2 N–H and O–H groups in total. The molecule has 3 nitrogen and oxygen atoms in total. The lowest BCUT2D eigenvalue weighted by Gasteiger charge is -2.29. The maximum Gasteiger partial charge on any atom is 0.106 e. The third-order valence-corrected chi connectivity index (χ3v) is 4.62. The van der Waals surface area contributed by atoms with E-state index < -0.39 is 0 Å². The molecule has 0 amide bonds. The molecule has 0 saturated heterocycles. The number of fused-ring (bicyclic) bond motifs is 1. The highest BCUT2D eigenvalue weighted by Crippen LogP contribution is 2.40. The molecule has 2 heterocycles. The predicted octanol–water partition coefficient (Wildman–Crippen LogP) is 3.72. The van der Waals surface area contributed by atoms with Crippen molar-refractivity contribution in [2.24, 2.45) is 5.73 Å². The van der Waals surface area contributed by atoms with E-state index >= 15 is 0 Å². The average Bonchev–Trinajstić information content (AvgIpc) is 2.71. The lowest BCUT2D eigenvalue weighted by molar-refractivity contribution is 0.449. The number of aryl methyl sites for hydroxylation is 3. The minimum atomic E-state index is -0.0265. The molecule has 0 radical (unpaired) electrons. The highest BCUT2D eigenvalue weighted by atomic mass is 16.3. The van der Waals surface area contributed by atoms with E-state index in [9.17, 15) is 0 Å². The summed E-state index contributed by atoms with van der Waals surface area (Å²) in [5.41, 5.74) is 11.5. The number of aromatic nitrogens is 1. The molecule has 20 heavy (non-hydrogen) atoms. The molecule has 2 atom stereocenters. The number of furan rings is 1. The van der Waals surface area contributed by atoms with Crippen molar-refractivity contribution >= 4 is 0 Å². The Bertz CT molecular complexity index is 630. The largest absolute Gasteiger partial charge is 0.466 e. The Kier molecular flexibility index (Phi) is 3.38. The number of pyridine rings is 1. The third kappa shape index (κ3) is 2.06. The van der Waals surface area contributed by atoms with Crippen LogP contribution in [0.15, 0.2) is 22.7 Å². The summed E-state index contributed by atoms with van der Waals surface area (Å²) in [6, 6.07) is 4.17. The molecule has 0 aromatic carbocycles. The molecule has 2 unspecified atom stereocenters. The van der Waals surface area contributed by atoms with Crippen molar-refractivity contribution in [3.63, 3.8) is 0 Å². The second kappa shape index (κ2) is 5.06. The molecule has 0 fully saturated rings. The molecule has 1 aliphatic rings. The molecule has 0 aliphatic heterocycles. The Morgan fingerprint density at radius 3 is 2.80 bits per heavy atom. The first kappa shape index (κ1) is 13.4.